The molecule has 70 heavy (non-hydrogen) atoms. The molecule has 5 aromatic rings. The van der Waals surface area contributed by atoms with Gasteiger partial charge in [0.05, 0.1) is 17.6 Å². The molecule has 1 atom stereocenters. The lowest BCUT2D eigenvalue weighted by Gasteiger charge is -2.40. The summed E-state index contributed by atoms with van der Waals surface area (Å²) in [5, 5.41) is 12.4. The van der Waals surface area contributed by atoms with Crippen molar-refractivity contribution in [2.45, 2.75) is 109 Å². The predicted octanol–water partition coefficient (Wildman–Crippen LogP) is 7.66. The summed E-state index contributed by atoms with van der Waals surface area (Å²) in [6, 6.07) is 18.9. The van der Waals surface area contributed by atoms with Crippen molar-refractivity contribution in [2.75, 3.05) is 55.5 Å². The number of nitrogens with zero attached hydrogens (tertiary/aromatic N) is 7. The minimum atomic E-state index is -0.922. The van der Waals surface area contributed by atoms with E-state index in [1.54, 1.807) is 47.6 Å². The molecule has 368 valence electrons. The molecule has 3 fully saturated rings. The second-order valence-electron chi connectivity index (χ2n) is 19.4. The fourth-order valence-corrected chi connectivity index (χ4v) is 9.63. The molecule has 0 aliphatic carbocycles. The molecule has 0 radical (unpaired) electrons. The van der Waals surface area contributed by atoms with Crippen LogP contribution in [0.3, 0.4) is 0 Å². The van der Waals surface area contributed by atoms with E-state index in [9.17, 15) is 28.8 Å². The Morgan fingerprint density at radius 3 is 2.40 bits per heavy atom. The number of urea groups is 1. The standard InChI is InChI=1S/C51H60N10O9/c1-51(2,3)43-29-44(56-70-43)55-49(66)53-33-13-15-35(16-14-33)60-31-52-40-28-36(17-18-41(40)60)68-27-8-5-12-45(62)54-39-11-9-10-37-38(39)30-59(47(37)64)42-19-20-46(63)61(48(42)65)32-69-50(67)58-25-21-34(22-26-58)57-23-6-4-7-24-57/h9-11,13-18,28-29,31,34,42H,4-8,12,19-27,30,32H2,1-3H3,(H,54,62)(H2,53,55,56,66). The molecule has 3 aromatic carbocycles. The lowest BCUT2D eigenvalue weighted by Crippen LogP contribution is -2.55. The largest absolute Gasteiger partial charge is 0.494 e. The number of imide groups is 1. The van der Waals surface area contributed by atoms with Crippen molar-refractivity contribution in [3.05, 3.63) is 89.9 Å². The lowest BCUT2D eigenvalue weighted by atomic mass is 9.93. The predicted molar refractivity (Wildman–Crippen MR) is 259 cm³/mol. The average Bonchev–Trinajstić information content (AvgIpc) is 4.10. The number of imidazole rings is 1. The number of carbonyl (C=O) groups is 6. The Kier molecular flexibility index (Phi) is 14.2. The van der Waals surface area contributed by atoms with Crippen LogP contribution in [0.1, 0.15) is 107 Å². The molecule has 7 amide bonds. The highest BCUT2D eigenvalue weighted by Crippen LogP contribution is 2.34. The van der Waals surface area contributed by atoms with Crippen LogP contribution in [-0.2, 0) is 31.1 Å². The summed E-state index contributed by atoms with van der Waals surface area (Å²) in [6.07, 6.45) is 8.12. The van der Waals surface area contributed by atoms with E-state index >= 15 is 0 Å². The van der Waals surface area contributed by atoms with Gasteiger partial charge < -0.3 is 39.3 Å². The first kappa shape index (κ1) is 47.8. The number of anilines is 3. The van der Waals surface area contributed by atoms with Gasteiger partial charge in [0.15, 0.2) is 12.5 Å². The zero-order valence-corrected chi connectivity index (χ0v) is 39.9. The van der Waals surface area contributed by atoms with Crippen LogP contribution in [0.15, 0.2) is 77.6 Å². The van der Waals surface area contributed by atoms with Crippen LogP contribution in [0, 0.1) is 0 Å². The average molecular weight is 957 g/mol. The van der Waals surface area contributed by atoms with Crippen LogP contribution in [0.2, 0.25) is 0 Å². The number of hydrogen-bond acceptors (Lipinski definition) is 12. The Balaban J connectivity index is 0.707. The highest BCUT2D eigenvalue weighted by Gasteiger charge is 2.44. The molecule has 19 nitrogen and oxygen atoms in total. The quantitative estimate of drug-likeness (QED) is 0.0723. The summed E-state index contributed by atoms with van der Waals surface area (Å²) in [6.45, 7) is 9.26. The molecule has 3 N–H and O–H groups in total. The Hall–Kier alpha value is -7.28. The molecule has 0 bridgehead atoms. The van der Waals surface area contributed by atoms with Crippen LogP contribution in [0.4, 0.5) is 26.8 Å². The molecule has 6 heterocycles. The summed E-state index contributed by atoms with van der Waals surface area (Å²) in [7, 11) is 0. The van der Waals surface area contributed by atoms with Crippen molar-refractivity contribution in [3.63, 3.8) is 0 Å². The maximum Gasteiger partial charge on any atom is 0.411 e. The minimum absolute atomic E-state index is 0.0200. The van der Waals surface area contributed by atoms with Gasteiger partial charge in [-0.25, -0.2) is 19.5 Å². The first-order valence-corrected chi connectivity index (χ1v) is 24.3. The van der Waals surface area contributed by atoms with E-state index < -0.39 is 36.7 Å². The summed E-state index contributed by atoms with van der Waals surface area (Å²) < 4.78 is 18.8. The van der Waals surface area contributed by atoms with Gasteiger partial charge in [0.2, 0.25) is 11.8 Å². The van der Waals surface area contributed by atoms with Crippen molar-refractivity contribution >= 4 is 64.0 Å². The normalized spacial score (nSPS) is 18.0. The lowest BCUT2D eigenvalue weighted by molar-refractivity contribution is -0.157. The number of hydrogen-bond donors (Lipinski definition) is 3. The molecule has 4 aliphatic rings. The van der Waals surface area contributed by atoms with Crippen molar-refractivity contribution < 1.29 is 42.8 Å². The zero-order chi connectivity index (χ0) is 48.9. The number of aromatic nitrogens is 3. The fourth-order valence-electron chi connectivity index (χ4n) is 9.63. The number of likely N-dealkylation sites (tertiary alicyclic amines) is 3. The van der Waals surface area contributed by atoms with Crippen LogP contribution in [0.25, 0.3) is 16.7 Å². The molecule has 0 saturated carbocycles. The van der Waals surface area contributed by atoms with E-state index in [4.69, 9.17) is 14.0 Å². The maximum absolute atomic E-state index is 13.8. The van der Waals surface area contributed by atoms with E-state index in [-0.39, 0.29) is 43.0 Å². The Labute approximate surface area is 405 Å². The van der Waals surface area contributed by atoms with Gasteiger partial charge in [0.25, 0.3) is 11.8 Å². The van der Waals surface area contributed by atoms with Crippen molar-refractivity contribution in [1.29, 1.82) is 0 Å². The fraction of sp³-hybridized carbons (Fsp3) is 0.451. The molecule has 9 rings (SSSR count). The third kappa shape index (κ3) is 10.8. The second-order valence-corrected chi connectivity index (χ2v) is 19.4. The second kappa shape index (κ2) is 20.8. The molecular formula is C51H60N10O9. The number of nitrogens with one attached hydrogen (secondary N) is 3. The van der Waals surface area contributed by atoms with Gasteiger partial charge in [-0.3, -0.25) is 29.1 Å². The number of fused-ring (bicyclic) bond motifs is 2. The Morgan fingerprint density at radius 2 is 1.64 bits per heavy atom. The van der Waals surface area contributed by atoms with Crippen molar-refractivity contribution in [3.8, 4) is 11.4 Å². The van der Waals surface area contributed by atoms with Gasteiger partial charge in [0.1, 0.15) is 23.9 Å². The molecule has 0 spiro atoms. The first-order valence-electron chi connectivity index (χ1n) is 24.3. The summed E-state index contributed by atoms with van der Waals surface area (Å²) in [4.78, 5) is 90.3. The smallest absolute Gasteiger partial charge is 0.411 e. The minimum Gasteiger partial charge on any atom is -0.494 e. The van der Waals surface area contributed by atoms with Crippen LogP contribution in [0.5, 0.6) is 5.75 Å². The van der Waals surface area contributed by atoms with Crippen molar-refractivity contribution in [1.82, 2.24) is 34.3 Å². The number of amides is 7. The SMILES string of the molecule is CC(C)(C)c1cc(NC(=O)Nc2ccc(-n3cnc4cc(OCCCCC(=O)Nc5cccc6c5CN(C5CCC(=O)N(COC(=O)N7CCC(N8CCCCC8)CC7)C5=O)C6=O)ccc43)cc2)no1. The first-order chi connectivity index (χ1) is 33.8. The zero-order valence-electron chi connectivity index (χ0n) is 39.9. The molecule has 2 aromatic heterocycles. The number of piperidine rings is 3. The van der Waals surface area contributed by atoms with Gasteiger partial charge in [-0.1, -0.05) is 38.4 Å². The highest BCUT2D eigenvalue weighted by atomic mass is 16.6. The van der Waals surface area contributed by atoms with Gasteiger partial charge in [0, 0.05) is 84.3 Å². The number of carbonyl (C=O) groups excluding carboxylic acids is 6. The molecular weight excluding hydrogens is 897 g/mol. The van der Waals surface area contributed by atoms with Gasteiger partial charge >= 0.3 is 12.1 Å². The van der Waals surface area contributed by atoms with E-state index in [1.807, 2.05) is 55.7 Å². The maximum atomic E-state index is 13.8. The molecule has 1 unspecified atom stereocenters. The molecule has 19 heteroatoms. The third-order valence-corrected chi connectivity index (χ3v) is 13.6. The monoisotopic (exact) mass is 956 g/mol. The third-order valence-electron chi connectivity index (χ3n) is 13.6. The number of ether oxygens (including phenoxy) is 2. The van der Waals surface area contributed by atoms with Gasteiger partial charge in [-0.2, -0.15) is 0 Å². The van der Waals surface area contributed by atoms with E-state index in [0.717, 1.165) is 47.6 Å². The number of benzene rings is 3. The Morgan fingerprint density at radius 1 is 0.857 bits per heavy atom. The Bertz CT molecular complexity index is 2750. The highest BCUT2D eigenvalue weighted by molar-refractivity contribution is 6.07. The van der Waals surface area contributed by atoms with E-state index in [0.29, 0.717) is 78.4 Å². The molecule has 4 aliphatic heterocycles. The van der Waals surface area contributed by atoms with Gasteiger partial charge in [-0.15, -0.1) is 0 Å². The van der Waals surface area contributed by atoms with Crippen LogP contribution >= 0.6 is 0 Å². The van der Waals surface area contributed by atoms with Crippen molar-refractivity contribution in [2.24, 2.45) is 0 Å². The van der Waals surface area contributed by atoms with E-state index in [2.05, 4.69) is 31.0 Å². The summed E-state index contributed by atoms with van der Waals surface area (Å²) in [5.74, 6) is 0.0185. The number of unbranched alkanes of at least 4 members (excludes halogenated alkanes) is 1. The van der Waals surface area contributed by atoms with E-state index in [1.165, 1.54) is 24.2 Å². The summed E-state index contributed by atoms with van der Waals surface area (Å²) >= 11 is 0. The van der Waals surface area contributed by atoms with Crippen LogP contribution < -0.4 is 20.7 Å². The van der Waals surface area contributed by atoms with Crippen LogP contribution in [-0.4, -0.2) is 122 Å². The molecule has 3 saturated heterocycles. The summed E-state index contributed by atoms with van der Waals surface area (Å²) in [5.41, 5.74) is 4.30. The van der Waals surface area contributed by atoms with Gasteiger partial charge in [-0.05, 0) is 107 Å². The topological polar surface area (TPSA) is 214 Å². The number of rotatable bonds is 14.